The minimum absolute atomic E-state index is 0.779. The van der Waals surface area contributed by atoms with Gasteiger partial charge in [-0.2, -0.15) is 0 Å². The average molecular weight is 229 g/mol. The van der Waals surface area contributed by atoms with E-state index >= 15 is 0 Å². The molecule has 0 aromatic heterocycles. The van der Waals surface area contributed by atoms with Gasteiger partial charge in [-0.15, -0.1) is 0 Å². The Morgan fingerprint density at radius 1 is 1.36 bits per heavy atom. The van der Waals surface area contributed by atoms with Gasteiger partial charge in [0.1, 0.15) is 0 Å². The zero-order valence-corrected chi connectivity index (χ0v) is 7.95. The third-order valence-electron chi connectivity index (χ3n) is 1.33. The van der Waals surface area contributed by atoms with Crippen molar-refractivity contribution in [1.82, 2.24) is 4.72 Å². The summed E-state index contributed by atoms with van der Waals surface area (Å²) < 4.78 is 3.80. The molecule has 1 aromatic carbocycles. The van der Waals surface area contributed by atoms with Crippen molar-refractivity contribution in [1.29, 1.82) is 0 Å². The van der Waals surface area contributed by atoms with Crippen molar-refractivity contribution in [2.75, 3.05) is 0 Å². The summed E-state index contributed by atoms with van der Waals surface area (Å²) in [4.78, 5) is 5.41. The first-order valence-electron chi connectivity index (χ1n) is 3.12. The van der Waals surface area contributed by atoms with Gasteiger partial charge in [-0.25, -0.2) is 4.99 Å². The summed E-state index contributed by atoms with van der Waals surface area (Å²) in [6.45, 7) is 0. The van der Waals surface area contributed by atoms with Gasteiger partial charge >= 0.3 is 0 Å². The summed E-state index contributed by atoms with van der Waals surface area (Å²) in [7, 11) is 0. The predicted molar refractivity (Wildman–Crippen MR) is 51.5 cm³/mol. The molecule has 0 saturated carbocycles. The van der Waals surface area contributed by atoms with Gasteiger partial charge in [0.2, 0.25) is 0 Å². The highest BCUT2D eigenvalue weighted by Gasteiger charge is 2.07. The lowest BCUT2D eigenvalue weighted by Crippen LogP contribution is -2.10. The molecule has 11 heavy (non-hydrogen) atoms. The van der Waals surface area contributed by atoms with E-state index in [2.05, 4.69) is 25.6 Å². The van der Waals surface area contributed by atoms with Crippen LogP contribution in [-0.2, 0) is 0 Å². The summed E-state index contributed by atoms with van der Waals surface area (Å²) in [6.07, 6.45) is 0. The molecule has 0 unspecified atom stereocenters. The SMILES string of the molecule is BrC1=Nc2ccccc2SN1. The fourth-order valence-electron chi connectivity index (χ4n) is 0.861. The number of aliphatic imine (C=N–C) groups is 1. The van der Waals surface area contributed by atoms with Crippen LogP contribution >= 0.6 is 27.9 Å². The van der Waals surface area contributed by atoms with E-state index in [1.165, 1.54) is 0 Å². The highest BCUT2D eigenvalue weighted by atomic mass is 79.9. The molecule has 1 heterocycles. The van der Waals surface area contributed by atoms with Gasteiger partial charge in [-0.1, -0.05) is 12.1 Å². The van der Waals surface area contributed by atoms with Crippen LogP contribution in [0.25, 0.3) is 0 Å². The second-order valence-corrected chi connectivity index (χ2v) is 3.67. The van der Waals surface area contributed by atoms with Crippen molar-refractivity contribution in [2.24, 2.45) is 4.99 Å². The Kier molecular flexibility index (Phi) is 1.87. The molecule has 0 atom stereocenters. The maximum absolute atomic E-state index is 4.25. The third kappa shape index (κ3) is 1.41. The molecule has 0 fully saturated rings. The van der Waals surface area contributed by atoms with Crippen LogP contribution in [0.3, 0.4) is 0 Å². The summed E-state index contributed by atoms with van der Waals surface area (Å²) in [5.41, 5.74) is 1.02. The number of rotatable bonds is 0. The second kappa shape index (κ2) is 2.87. The minimum atomic E-state index is 0.779. The van der Waals surface area contributed by atoms with Gasteiger partial charge in [0.25, 0.3) is 0 Å². The number of hydrogen-bond donors (Lipinski definition) is 1. The van der Waals surface area contributed by atoms with Crippen LogP contribution in [0.15, 0.2) is 34.2 Å². The predicted octanol–water partition coefficient (Wildman–Crippen LogP) is 2.68. The van der Waals surface area contributed by atoms with Crippen molar-refractivity contribution in [3.8, 4) is 0 Å². The summed E-state index contributed by atoms with van der Waals surface area (Å²) >= 11 is 4.85. The number of nitrogens with zero attached hydrogens (tertiary/aromatic N) is 1. The van der Waals surface area contributed by atoms with E-state index in [9.17, 15) is 0 Å². The topological polar surface area (TPSA) is 24.4 Å². The molecule has 0 radical (unpaired) electrons. The van der Waals surface area contributed by atoms with E-state index in [-0.39, 0.29) is 0 Å². The Labute approximate surface area is 77.4 Å². The average Bonchev–Trinajstić information content (AvgIpc) is 2.04. The molecule has 2 rings (SSSR count). The van der Waals surface area contributed by atoms with E-state index in [0.717, 1.165) is 15.3 Å². The Balaban J connectivity index is 2.51. The monoisotopic (exact) mass is 228 g/mol. The fraction of sp³-hybridized carbons (Fsp3) is 0. The van der Waals surface area contributed by atoms with Gasteiger partial charge in [-0.3, -0.25) is 0 Å². The molecular weight excluding hydrogens is 224 g/mol. The first kappa shape index (κ1) is 7.18. The summed E-state index contributed by atoms with van der Waals surface area (Å²) in [6, 6.07) is 8.01. The van der Waals surface area contributed by atoms with Crippen molar-refractivity contribution >= 4 is 38.3 Å². The second-order valence-electron chi connectivity index (χ2n) is 2.07. The molecule has 0 aliphatic carbocycles. The van der Waals surface area contributed by atoms with E-state index < -0.39 is 0 Å². The number of amidine groups is 1. The summed E-state index contributed by atoms with van der Waals surface area (Å²) in [5, 5.41) is 0. The highest BCUT2D eigenvalue weighted by molar-refractivity contribution is 9.18. The molecule has 0 spiro atoms. The van der Waals surface area contributed by atoms with Gasteiger partial charge in [-0.05, 0) is 40.0 Å². The molecule has 1 aromatic rings. The van der Waals surface area contributed by atoms with Gasteiger partial charge in [0.15, 0.2) is 4.74 Å². The molecule has 2 nitrogen and oxygen atoms in total. The van der Waals surface area contributed by atoms with Crippen molar-refractivity contribution in [2.45, 2.75) is 4.90 Å². The van der Waals surface area contributed by atoms with Crippen LogP contribution in [0.2, 0.25) is 0 Å². The highest BCUT2D eigenvalue weighted by Crippen LogP contribution is 2.31. The Morgan fingerprint density at radius 3 is 3.09 bits per heavy atom. The third-order valence-corrected chi connectivity index (χ3v) is 2.83. The van der Waals surface area contributed by atoms with E-state index in [0.29, 0.717) is 0 Å². The largest absolute Gasteiger partial charge is 0.304 e. The standard InChI is InChI=1S/C7H5BrN2S/c8-7-9-5-3-1-2-4-6(5)11-10-7/h1-4H,(H,9,10). The maximum Gasteiger partial charge on any atom is 0.181 e. The number of fused-ring (bicyclic) bond motifs is 1. The van der Waals surface area contributed by atoms with Crippen molar-refractivity contribution < 1.29 is 0 Å². The van der Waals surface area contributed by atoms with Crippen LogP contribution in [0.4, 0.5) is 5.69 Å². The normalized spacial score (nSPS) is 14.8. The van der Waals surface area contributed by atoms with Crippen molar-refractivity contribution in [3.63, 3.8) is 0 Å². The quantitative estimate of drug-likeness (QED) is 0.546. The molecule has 0 amide bonds. The molecule has 1 aliphatic heterocycles. The zero-order valence-electron chi connectivity index (χ0n) is 5.54. The zero-order chi connectivity index (χ0) is 7.68. The Bertz CT molecular complexity index is 311. The lowest BCUT2D eigenvalue weighted by molar-refractivity contribution is 1.31. The van der Waals surface area contributed by atoms with Gasteiger partial charge in [0.05, 0.1) is 10.6 Å². The fourth-order valence-corrected chi connectivity index (χ4v) is 1.90. The molecule has 1 N–H and O–H groups in total. The lowest BCUT2D eigenvalue weighted by atomic mass is 10.3. The summed E-state index contributed by atoms with van der Waals surface area (Å²) in [5.74, 6) is 0. The van der Waals surface area contributed by atoms with Crippen LogP contribution in [0.1, 0.15) is 0 Å². The van der Waals surface area contributed by atoms with Crippen LogP contribution < -0.4 is 4.72 Å². The van der Waals surface area contributed by atoms with Crippen LogP contribution in [-0.4, -0.2) is 4.74 Å². The van der Waals surface area contributed by atoms with E-state index in [4.69, 9.17) is 0 Å². The number of hydrogen-bond acceptors (Lipinski definition) is 3. The maximum atomic E-state index is 4.25. The Morgan fingerprint density at radius 2 is 2.18 bits per heavy atom. The van der Waals surface area contributed by atoms with Gasteiger partial charge in [0, 0.05) is 0 Å². The molecule has 1 aliphatic rings. The number of halogens is 1. The molecule has 0 saturated heterocycles. The Hall–Kier alpha value is -0.480. The molecule has 4 heteroatoms. The molecular formula is C7H5BrN2S. The number of nitrogens with one attached hydrogen (secondary N) is 1. The number of benzene rings is 1. The molecule has 0 bridgehead atoms. The first-order chi connectivity index (χ1) is 5.36. The van der Waals surface area contributed by atoms with Crippen LogP contribution in [0, 0.1) is 0 Å². The van der Waals surface area contributed by atoms with Gasteiger partial charge < -0.3 is 4.72 Å². The van der Waals surface area contributed by atoms with E-state index in [1.807, 2.05) is 24.3 Å². The van der Waals surface area contributed by atoms with Crippen molar-refractivity contribution in [3.05, 3.63) is 24.3 Å². The first-order valence-corrected chi connectivity index (χ1v) is 4.73. The lowest BCUT2D eigenvalue weighted by Gasteiger charge is -2.11. The minimum Gasteiger partial charge on any atom is -0.304 e. The van der Waals surface area contributed by atoms with E-state index in [1.54, 1.807) is 11.9 Å². The smallest absolute Gasteiger partial charge is 0.181 e. The number of para-hydroxylation sites is 1. The van der Waals surface area contributed by atoms with Crippen LogP contribution in [0.5, 0.6) is 0 Å². The molecule has 56 valence electrons.